The Balaban J connectivity index is 1.94. The van der Waals surface area contributed by atoms with Gasteiger partial charge in [-0.15, -0.1) is 0 Å². The van der Waals surface area contributed by atoms with E-state index < -0.39 is 5.97 Å². The van der Waals surface area contributed by atoms with Gasteiger partial charge in [-0.2, -0.15) is 0 Å². The summed E-state index contributed by atoms with van der Waals surface area (Å²) in [5.74, 6) is -1.01. The molecule has 0 saturated carbocycles. The van der Waals surface area contributed by atoms with E-state index in [9.17, 15) is 4.79 Å². The molecule has 0 fully saturated rings. The molecule has 0 aliphatic carbocycles. The lowest BCUT2D eigenvalue weighted by Gasteiger charge is -2.09. The lowest BCUT2D eigenvalue weighted by Crippen LogP contribution is -2.07. The first-order valence-corrected chi connectivity index (χ1v) is 6.48. The molecular formula is C16H18N2O2. The van der Waals surface area contributed by atoms with Crippen LogP contribution in [0.4, 0.5) is 11.4 Å². The number of benzene rings is 2. The Hall–Kier alpha value is -2.49. The first-order chi connectivity index (χ1) is 9.56. The molecule has 0 aromatic heterocycles. The van der Waals surface area contributed by atoms with Gasteiger partial charge in [-0.25, -0.2) is 4.79 Å². The summed E-state index contributed by atoms with van der Waals surface area (Å²) in [4.78, 5) is 10.9. The number of aromatic carboxylic acids is 1. The van der Waals surface area contributed by atoms with Crippen molar-refractivity contribution in [2.24, 2.45) is 0 Å². The Morgan fingerprint density at radius 2 is 2.05 bits per heavy atom. The van der Waals surface area contributed by atoms with Gasteiger partial charge in [0.25, 0.3) is 0 Å². The van der Waals surface area contributed by atoms with E-state index in [1.807, 2.05) is 6.07 Å². The number of nitrogens with two attached hydrogens (primary N) is 1. The average Bonchev–Trinajstić information content (AvgIpc) is 2.38. The molecule has 0 saturated heterocycles. The standard InChI is InChI=1S/C16H18N2O2/c1-11-3-2-4-12(9-11)7-8-18-13-5-6-14(16(19)20)15(17)10-13/h2-6,9-10,18H,7-8,17H2,1H3,(H,19,20). The van der Waals surface area contributed by atoms with Crippen LogP contribution in [0.2, 0.25) is 0 Å². The Morgan fingerprint density at radius 1 is 1.25 bits per heavy atom. The van der Waals surface area contributed by atoms with Gasteiger partial charge in [0.15, 0.2) is 0 Å². The van der Waals surface area contributed by atoms with Gasteiger partial charge in [-0.3, -0.25) is 0 Å². The van der Waals surface area contributed by atoms with Crippen molar-refractivity contribution in [3.8, 4) is 0 Å². The van der Waals surface area contributed by atoms with Crippen LogP contribution in [0.15, 0.2) is 42.5 Å². The van der Waals surface area contributed by atoms with Crippen molar-refractivity contribution >= 4 is 17.3 Å². The number of carboxylic acids is 1. The Morgan fingerprint density at radius 3 is 2.70 bits per heavy atom. The lowest BCUT2D eigenvalue weighted by atomic mass is 10.1. The van der Waals surface area contributed by atoms with Crippen LogP contribution in [0.3, 0.4) is 0 Å². The molecule has 2 aromatic rings. The monoisotopic (exact) mass is 270 g/mol. The fourth-order valence-electron chi connectivity index (χ4n) is 2.09. The second kappa shape index (κ2) is 6.10. The van der Waals surface area contributed by atoms with E-state index in [-0.39, 0.29) is 11.3 Å². The zero-order valence-electron chi connectivity index (χ0n) is 11.4. The zero-order valence-corrected chi connectivity index (χ0v) is 11.4. The quantitative estimate of drug-likeness (QED) is 0.730. The molecule has 0 atom stereocenters. The fraction of sp³-hybridized carbons (Fsp3) is 0.188. The number of hydrogen-bond donors (Lipinski definition) is 3. The topological polar surface area (TPSA) is 75.3 Å². The van der Waals surface area contributed by atoms with Crippen molar-refractivity contribution in [1.82, 2.24) is 0 Å². The maximum Gasteiger partial charge on any atom is 0.337 e. The number of anilines is 2. The lowest BCUT2D eigenvalue weighted by molar-refractivity contribution is 0.0698. The second-order valence-electron chi connectivity index (χ2n) is 4.77. The molecule has 2 rings (SSSR count). The van der Waals surface area contributed by atoms with Crippen molar-refractivity contribution in [2.75, 3.05) is 17.6 Å². The summed E-state index contributed by atoms with van der Waals surface area (Å²) in [6.07, 6.45) is 0.905. The highest BCUT2D eigenvalue weighted by Gasteiger charge is 2.07. The third-order valence-electron chi connectivity index (χ3n) is 3.11. The van der Waals surface area contributed by atoms with Gasteiger partial charge >= 0.3 is 5.97 Å². The van der Waals surface area contributed by atoms with Crippen molar-refractivity contribution in [3.63, 3.8) is 0 Å². The van der Waals surface area contributed by atoms with Crippen LogP contribution in [0.25, 0.3) is 0 Å². The molecule has 0 spiro atoms. The van der Waals surface area contributed by atoms with Gasteiger partial charge in [0.05, 0.1) is 5.56 Å². The molecule has 4 N–H and O–H groups in total. The van der Waals surface area contributed by atoms with Gasteiger partial charge in [-0.1, -0.05) is 29.8 Å². The molecular weight excluding hydrogens is 252 g/mol. The molecule has 4 nitrogen and oxygen atoms in total. The van der Waals surface area contributed by atoms with E-state index in [0.717, 1.165) is 18.7 Å². The van der Waals surface area contributed by atoms with Crippen LogP contribution in [0.1, 0.15) is 21.5 Å². The highest BCUT2D eigenvalue weighted by molar-refractivity contribution is 5.94. The largest absolute Gasteiger partial charge is 0.478 e. The highest BCUT2D eigenvalue weighted by Crippen LogP contribution is 2.18. The summed E-state index contributed by atoms with van der Waals surface area (Å²) >= 11 is 0. The Labute approximate surface area is 118 Å². The number of carbonyl (C=O) groups is 1. The summed E-state index contributed by atoms with van der Waals surface area (Å²) in [7, 11) is 0. The maximum absolute atomic E-state index is 10.9. The van der Waals surface area contributed by atoms with E-state index in [1.165, 1.54) is 17.2 Å². The summed E-state index contributed by atoms with van der Waals surface area (Å²) in [5.41, 5.74) is 9.47. The SMILES string of the molecule is Cc1cccc(CCNc2ccc(C(=O)O)c(N)c2)c1. The highest BCUT2D eigenvalue weighted by atomic mass is 16.4. The Kier molecular flexibility index (Phi) is 4.25. The van der Waals surface area contributed by atoms with Crippen molar-refractivity contribution in [1.29, 1.82) is 0 Å². The second-order valence-corrected chi connectivity index (χ2v) is 4.77. The third kappa shape index (κ3) is 3.51. The predicted molar refractivity (Wildman–Crippen MR) is 81.2 cm³/mol. The molecule has 104 valence electrons. The first kappa shape index (κ1) is 13.9. The van der Waals surface area contributed by atoms with Gasteiger partial charge < -0.3 is 16.2 Å². The van der Waals surface area contributed by atoms with E-state index in [2.05, 4.69) is 30.4 Å². The van der Waals surface area contributed by atoms with E-state index in [4.69, 9.17) is 10.8 Å². The van der Waals surface area contributed by atoms with Crippen molar-refractivity contribution in [2.45, 2.75) is 13.3 Å². The maximum atomic E-state index is 10.9. The molecule has 0 aliphatic heterocycles. The number of nitrogen functional groups attached to an aromatic ring is 1. The average molecular weight is 270 g/mol. The number of rotatable bonds is 5. The summed E-state index contributed by atoms with van der Waals surface area (Å²) in [6, 6.07) is 13.3. The molecule has 4 heteroatoms. The van der Waals surface area contributed by atoms with E-state index >= 15 is 0 Å². The smallest absolute Gasteiger partial charge is 0.337 e. The van der Waals surface area contributed by atoms with Gasteiger partial charge in [0, 0.05) is 17.9 Å². The van der Waals surface area contributed by atoms with Gasteiger partial charge in [-0.05, 0) is 37.1 Å². The van der Waals surface area contributed by atoms with Crippen LogP contribution in [0, 0.1) is 6.92 Å². The van der Waals surface area contributed by atoms with Crippen molar-refractivity contribution in [3.05, 3.63) is 59.2 Å². The molecule has 2 aromatic carbocycles. The summed E-state index contributed by atoms with van der Waals surface area (Å²) < 4.78 is 0. The predicted octanol–water partition coefficient (Wildman–Crippen LogP) is 2.93. The number of nitrogens with one attached hydrogen (secondary N) is 1. The first-order valence-electron chi connectivity index (χ1n) is 6.48. The van der Waals surface area contributed by atoms with Crippen LogP contribution in [-0.4, -0.2) is 17.6 Å². The number of hydrogen-bond acceptors (Lipinski definition) is 3. The molecule has 0 heterocycles. The zero-order chi connectivity index (χ0) is 14.5. The minimum absolute atomic E-state index is 0.134. The molecule has 0 bridgehead atoms. The van der Waals surface area contributed by atoms with Crippen LogP contribution < -0.4 is 11.1 Å². The normalized spacial score (nSPS) is 10.2. The molecule has 0 radical (unpaired) electrons. The van der Waals surface area contributed by atoms with Crippen molar-refractivity contribution < 1.29 is 9.90 Å². The number of carboxylic acid groups (broad SMARTS) is 1. The Bertz CT molecular complexity index is 624. The van der Waals surface area contributed by atoms with Crippen LogP contribution in [-0.2, 0) is 6.42 Å². The fourth-order valence-corrected chi connectivity index (χ4v) is 2.09. The van der Waals surface area contributed by atoms with Gasteiger partial charge in [0.2, 0.25) is 0 Å². The third-order valence-corrected chi connectivity index (χ3v) is 3.11. The molecule has 0 aliphatic rings. The molecule has 0 unspecified atom stereocenters. The minimum Gasteiger partial charge on any atom is -0.478 e. The minimum atomic E-state index is -1.01. The van der Waals surface area contributed by atoms with Gasteiger partial charge in [0.1, 0.15) is 0 Å². The van der Waals surface area contributed by atoms with Crippen LogP contribution >= 0.6 is 0 Å². The molecule has 20 heavy (non-hydrogen) atoms. The summed E-state index contributed by atoms with van der Waals surface area (Å²) in [6.45, 7) is 2.84. The molecule has 0 amide bonds. The van der Waals surface area contributed by atoms with E-state index in [0.29, 0.717) is 0 Å². The number of aryl methyl sites for hydroxylation is 1. The van der Waals surface area contributed by atoms with E-state index in [1.54, 1.807) is 12.1 Å². The summed E-state index contributed by atoms with van der Waals surface area (Å²) in [5, 5.41) is 12.2. The van der Waals surface area contributed by atoms with Crippen LogP contribution in [0.5, 0.6) is 0 Å².